The third-order valence-corrected chi connectivity index (χ3v) is 6.21. The second-order valence-corrected chi connectivity index (χ2v) is 8.03. The normalized spacial score (nSPS) is 14.7. The topological polar surface area (TPSA) is 58.4 Å². The molecule has 0 N–H and O–H groups in total. The van der Waals surface area contributed by atoms with E-state index in [0.717, 1.165) is 21.5 Å². The molecule has 1 aromatic carbocycles. The molecule has 4 rings (SSSR count). The maximum absolute atomic E-state index is 13.1. The van der Waals surface area contributed by atoms with Gasteiger partial charge in [-0.2, -0.15) is 5.10 Å². The molecule has 8 heteroatoms. The third-order valence-electron chi connectivity index (χ3n) is 5.08. The summed E-state index contributed by atoms with van der Waals surface area (Å²) >= 11 is 1.43. The zero-order chi connectivity index (χ0) is 19.8. The van der Waals surface area contributed by atoms with Crippen LogP contribution in [0.2, 0.25) is 0 Å². The van der Waals surface area contributed by atoms with E-state index in [1.54, 1.807) is 28.9 Å². The van der Waals surface area contributed by atoms with Gasteiger partial charge in [0.15, 0.2) is 0 Å². The monoisotopic (exact) mass is 400 g/mol. The van der Waals surface area contributed by atoms with Crippen molar-refractivity contribution in [1.82, 2.24) is 19.6 Å². The number of amides is 2. The molecule has 0 aliphatic carbocycles. The highest BCUT2D eigenvalue weighted by molar-refractivity contribution is 7.20. The maximum atomic E-state index is 13.1. The predicted octanol–water partition coefficient (Wildman–Crippen LogP) is 2.90. The van der Waals surface area contributed by atoms with E-state index in [0.29, 0.717) is 37.6 Å². The van der Waals surface area contributed by atoms with Gasteiger partial charge in [-0.05, 0) is 30.7 Å². The number of halogens is 1. The summed E-state index contributed by atoms with van der Waals surface area (Å²) in [4.78, 5) is 29.6. The fourth-order valence-corrected chi connectivity index (χ4v) is 4.60. The van der Waals surface area contributed by atoms with Crippen LogP contribution in [-0.4, -0.2) is 57.6 Å². The van der Waals surface area contributed by atoms with Crippen LogP contribution in [0.4, 0.5) is 4.39 Å². The molecule has 146 valence electrons. The standard InChI is InChI=1S/C20H21FN4O2S/c1-13-17-11-18(19(27)24-9-7-23(8-10-24)14(2)26)28-20(17)25(22-13)12-15-3-5-16(21)6-4-15/h3-6,11H,7-10,12H2,1-2H3. The van der Waals surface area contributed by atoms with Crippen molar-refractivity contribution in [2.24, 2.45) is 0 Å². The fourth-order valence-electron chi connectivity index (χ4n) is 3.47. The number of rotatable bonds is 3. The van der Waals surface area contributed by atoms with Crippen LogP contribution in [0.15, 0.2) is 30.3 Å². The van der Waals surface area contributed by atoms with E-state index in [-0.39, 0.29) is 17.6 Å². The number of nitrogens with zero attached hydrogens (tertiary/aromatic N) is 4. The van der Waals surface area contributed by atoms with Crippen molar-refractivity contribution >= 4 is 33.4 Å². The third kappa shape index (κ3) is 3.52. The van der Waals surface area contributed by atoms with Crippen molar-refractivity contribution in [3.05, 3.63) is 52.3 Å². The van der Waals surface area contributed by atoms with Crippen LogP contribution in [0.25, 0.3) is 10.2 Å². The van der Waals surface area contributed by atoms with E-state index >= 15 is 0 Å². The highest BCUT2D eigenvalue weighted by Crippen LogP contribution is 2.30. The minimum absolute atomic E-state index is 0.00265. The van der Waals surface area contributed by atoms with Crippen molar-refractivity contribution in [1.29, 1.82) is 0 Å². The van der Waals surface area contributed by atoms with Gasteiger partial charge in [0.25, 0.3) is 5.91 Å². The molecule has 6 nitrogen and oxygen atoms in total. The Morgan fingerprint density at radius 2 is 1.75 bits per heavy atom. The van der Waals surface area contributed by atoms with Gasteiger partial charge in [-0.1, -0.05) is 12.1 Å². The van der Waals surface area contributed by atoms with E-state index in [1.165, 1.54) is 23.5 Å². The lowest BCUT2D eigenvalue weighted by Gasteiger charge is -2.33. The van der Waals surface area contributed by atoms with Gasteiger partial charge in [-0.15, -0.1) is 11.3 Å². The Balaban J connectivity index is 1.55. The van der Waals surface area contributed by atoms with E-state index in [9.17, 15) is 14.0 Å². The van der Waals surface area contributed by atoms with Gasteiger partial charge < -0.3 is 9.80 Å². The van der Waals surface area contributed by atoms with E-state index in [1.807, 2.05) is 17.7 Å². The molecular weight excluding hydrogens is 379 g/mol. The molecule has 0 saturated carbocycles. The quantitative estimate of drug-likeness (QED) is 0.679. The smallest absolute Gasteiger partial charge is 0.264 e. The number of hydrogen-bond donors (Lipinski definition) is 0. The Hall–Kier alpha value is -2.74. The van der Waals surface area contributed by atoms with Gasteiger partial charge in [0.2, 0.25) is 5.91 Å². The fraction of sp³-hybridized carbons (Fsp3) is 0.350. The highest BCUT2D eigenvalue weighted by atomic mass is 32.1. The van der Waals surface area contributed by atoms with Crippen molar-refractivity contribution in [3.8, 4) is 0 Å². The Morgan fingerprint density at radius 3 is 2.39 bits per heavy atom. The average molecular weight is 400 g/mol. The molecule has 1 aliphatic rings. The number of thiophene rings is 1. The Morgan fingerprint density at radius 1 is 1.11 bits per heavy atom. The lowest BCUT2D eigenvalue weighted by atomic mass is 10.2. The summed E-state index contributed by atoms with van der Waals surface area (Å²) in [5.74, 6) is -0.220. The zero-order valence-electron chi connectivity index (χ0n) is 15.8. The molecule has 0 unspecified atom stereocenters. The van der Waals surface area contributed by atoms with Gasteiger partial charge in [0.05, 0.1) is 17.1 Å². The van der Waals surface area contributed by atoms with Gasteiger partial charge in [0.1, 0.15) is 10.6 Å². The van der Waals surface area contributed by atoms with E-state index in [4.69, 9.17) is 0 Å². The number of piperazine rings is 1. The molecule has 1 fully saturated rings. The minimum atomic E-state index is -0.264. The molecule has 0 radical (unpaired) electrons. The lowest BCUT2D eigenvalue weighted by molar-refractivity contribution is -0.130. The number of carbonyl (C=O) groups is 2. The number of benzene rings is 1. The van der Waals surface area contributed by atoms with Gasteiger partial charge in [-0.3, -0.25) is 14.3 Å². The number of aromatic nitrogens is 2. The summed E-state index contributed by atoms with van der Waals surface area (Å²) in [6.07, 6.45) is 0. The first-order valence-corrected chi connectivity index (χ1v) is 10.00. The van der Waals surface area contributed by atoms with Gasteiger partial charge in [-0.25, -0.2) is 4.39 Å². The van der Waals surface area contributed by atoms with Crippen LogP contribution in [0, 0.1) is 12.7 Å². The second kappa shape index (κ2) is 7.35. The average Bonchev–Trinajstić information content (AvgIpc) is 3.24. The first-order valence-electron chi connectivity index (χ1n) is 9.18. The number of aryl methyl sites for hydroxylation is 1. The first-order chi connectivity index (χ1) is 13.4. The summed E-state index contributed by atoms with van der Waals surface area (Å²) in [6.45, 7) is 6.25. The Labute approximate surface area is 166 Å². The SMILES string of the molecule is CC(=O)N1CCN(C(=O)c2cc3c(C)nn(Cc4ccc(F)cc4)c3s2)CC1. The Bertz CT molecular complexity index is 1030. The molecule has 0 spiro atoms. The summed E-state index contributed by atoms with van der Waals surface area (Å²) in [5, 5.41) is 5.54. The summed E-state index contributed by atoms with van der Waals surface area (Å²) in [5.41, 5.74) is 1.82. The van der Waals surface area contributed by atoms with Crippen LogP contribution >= 0.6 is 11.3 Å². The van der Waals surface area contributed by atoms with E-state index in [2.05, 4.69) is 5.10 Å². The van der Waals surface area contributed by atoms with Crippen LogP contribution < -0.4 is 0 Å². The minimum Gasteiger partial charge on any atom is -0.339 e. The van der Waals surface area contributed by atoms with Crippen LogP contribution in [0.5, 0.6) is 0 Å². The Kier molecular flexibility index (Phi) is 4.89. The molecule has 3 heterocycles. The number of fused-ring (bicyclic) bond motifs is 1. The summed E-state index contributed by atoms with van der Waals surface area (Å²) in [6, 6.07) is 8.27. The molecule has 0 atom stereocenters. The van der Waals surface area contributed by atoms with E-state index < -0.39 is 0 Å². The first kappa shape index (κ1) is 18.6. The van der Waals surface area contributed by atoms with Crippen LogP contribution in [0.1, 0.15) is 27.9 Å². The summed E-state index contributed by atoms with van der Waals surface area (Å²) in [7, 11) is 0. The lowest BCUT2D eigenvalue weighted by Crippen LogP contribution is -2.49. The van der Waals surface area contributed by atoms with Crippen LogP contribution in [0.3, 0.4) is 0 Å². The molecule has 1 aliphatic heterocycles. The molecule has 2 amide bonds. The van der Waals surface area contributed by atoms with Crippen LogP contribution in [-0.2, 0) is 11.3 Å². The number of hydrogen-bond acceptors (Lipinski definition) is 4. The molecule has 28 heavy (non-hydrogen) atoms. The number of carbonyl (C=O) groups excluding carboxylic acids is 2. The molecule has 2 aromatic heterocycles. The van der Waals surface area contributed by atoms with Crippen molar-refractivity contribution in [2.45, 2.75) is 20.4 Å². The molecular formula is C20H21FN4O2S. The molecule has 3 aromatic rings. The zero-order valence-corrected chi connectivity index (χ0v) is 16.6. The summed E-state index contributed by atoms with van der Waals surface area (Å²) < 4.78 is 15.0. The largest absolute Gasteiger partial charge is 0.339 e. The maximum Gasteiger partial charge on any atom is 0.264 e. The van der Waals surface area contributed by atoms with Crippen molar-refractivity contribution in [2.75, 3.05) is 26.2 Å². The highest BCUT2D eigenvalue weighted by Gasteiger charge is 2.25. The molecule has 0 bridgehead atoms. The van der Waals surface area contributed by atoms with Crippen molar-refractivity contribution < 1.29 is 14.0 Å². The predicted molar refractivity (Wildman–Crippen MR) is 106 cm³/mol. The van der Waals surface area contributed by atoms with Crippen molar-refractivity contribution in [3.63, 3.8) is 0 Å². The van der Waals surface area contributed by atoms with Gasteiger partial charge >= 0.3 is 0 Å². The van der Waals surface area contributed by atoms with Gasteiger partial charge in [0, 0.05) is 38.5 Å². The second-order valence-electron chi connectivity index (χ2n) is 7.00. The molecule has 1 saturated heterocycles.